The van der Waals surface area contributed by atoms with Crippen molar-refractivity contribution in [2.24, 2.45) is 5.41 Å². The molecule has 0 spiro atoms. The molecule has 6 nitrogen and oxygen atoms in total. The van der Waals surface area contributed by atoms with Gasteiger partial charge < -0.3 is 19.3 Å². The fourth-order valence-corrected chi connectivity index (χ4v) is 2.43. The van der Waals surface area contributed by atoms with Crippen molar-refractivity contribution in [1.82, 2.24) is 0 Å². The molecule has 0 amide bonds. The van der Waals surface area contributed by atoms with Crippen LogP contribution in [0.15, 0.2) is 0 Å². The van der Waals surface area contributed by atoms with E-state index in [1.54, 1.807) is 6.92 Å². The first kappa shape index (κ1) is 19.7. The van der Waals surface area contributed by atoms with Crippen LogP contribution in [0.4, 0.5) is 4.79 Å². The number of aliphatic hydroxyl groups excluding tert-OH is 1. The normalized spacial score (nSPS) is 16.5. The molecule has 0 atom stereocenters. The number of unbranched alkanes of at least 4 members (excludes halogenated alkanes) is 8. The standard InChI is InChI=1S/C17H30O6/c1-17(13-22-16(20)23-14-17)15(19)21-12-10-8-6-4-2-3-5-7-9-11-18/h18H,2-14H2,1H3. The SMILES string of the molecule is CC1(C(=O)OCCCCCCCCCCCO)COC(=O)OC1. The first-order valence-corrected chi connectivity index (χ1v) is 8.66. The fraction of sp³-hybridized carbons (Fsp3) is 0.882. The van der Waals surface area contributed by atoms with E-state index in [0.717, 1.165) is 32.1 Å². The quantitative estimate of drug-likeness (QED) is 0.437. The largest absolute Gasteiger partial charge is 0.508 e. The van der Waals surface area contributed by atoms with Crippen molar-refractivity contribution in [3.05, 3.63) is 0 Å². The van der Waals surface area contributed by atoms with Gasteiger partial charge in [-0.25, -0.2) is 4.79 Å². The van der Waals surface area contributed by atoms with Gasteiger partial charge in [-0.15, -0.1) is 0 Å². The smallest absolute Gasteiger partial charge is 0.465 e. The number of carbonyl (C=O) groups excluding carboxylic acids is 2. The summed E-state index contributed by atoms with van der Waals surface area (Å²) in [6.07, 6.45) is 9.20. The molecule has 1 N–H and O–H groups in total. The Morgan fingerprint density at radius 3 is 2.00 bits per heavy atom. The average Bonchev–Trinajstić information content (AvgIpc) is 2.55. The number of hydrogen-bond acceptors (Lipinski definition) is 6. The predicted octanol–water partition coefficient (Wildman–Crippen LogP) is 3.21. The number of aliphatic hydroxyl groups is 1. The molecule has 0 saturated carbocycles. The highest BCUT2D eigenvalue weighted by atomic mass is 16.7. The monoisotopic (exact) mass is 330 g/mol. The van der Waals surface area contributed by atoms with Crippen LogP contribution in [0, 0.1) is 5.41 Å². The summed E-state index contributed by atoms with van der Waals surface area (Å²) in [6, 6.07) is 0. The highest BCUT2D eigenvalue weighted by Crippen LogP contribution is 2.24. The van der Waals surface area contributed by atoms with E-state index in [4.69, 9.17) is 19.3 Å². The molecule has 0 unspecified atom stereocenters. The zero-order valence-corrected chi connectivity index (χ0v) is 14.2. The first-order chi connectivity index (χ1) is 11.1. The molecule has 1 aliphatic rings. The van der Waals surface area contributed by atoms with Gasteiger partial charge in [0.2, 0.25) is 0 Å². The Labute approximate surface area is 138 Å². The zero-order valence-electron chi connectivity index (χ0n) is 14.2. The van der Waals surface area contributed by atoms with Gasteiger partial charge in [0.1, 0.15) is 18.6 Å². The topological polar surface area (TPSA) is 82.1 Å². The number of ether oxygens (including phenoxy) is 3. The highest BCUT2D eigenvalue weighted by molar-refractivity contribution is 5.78. The number of cyclic esters (lactones) is 2. The Hall–Kier alpha value is -1.30. The summed E-state index contributed by atoms with van der Waals surface area (Å²) >= 11 is 0. The number of carbonyl (C=O) groups is 2. The van der Waals surface area contributed by atoms with Gasteiger partial charge >= 0.3 is 12.1 Å². The van der Waals surface area contributed by atoms with E-state index in [1.807, 2.05) is 0 Å². The van der Waals surface area contributed by atoms with Gasteiger partial charge in [0.25, 0.3) is 0 Å². The maximum atomic E-state index is 12.0. The first-order valence-electron chi connectivity index (χ1n) is 8.66. The molecule has 134 valence electrons. The second kappa shape index (κ2) is 11.3. The van der Waals surface area contributed by atoms with Crippen molar-refractivity contribution < 1.29 is 28.9 Å². The molecule has 1 rings (SSSR count). The zero-order chi connectivity index (χ0) is 17.0. The van der Waals surface area contributed by atoms with Crippen LogP contribution in [-0.4, -0.2) is 43.7 Å². The molecule has 6 heteroatoms. The van der Waals surface area contributed by atoms with Gasteiger partial charge in [0, 0.05) is 6.61 Å². The summed E-state index contributed by atoms with van der Waals surface area (Å²) < 4.78 is 14.7. The minimum Gasteiger partial charge on any atom is -0.465 e. The van der Waals surface area contributed by atoms with Crippen LogP contribution in [0.2, 0.25) is 0 Å². The van der Waals surface area contributed by atoms with Crippen LogP contribution in [-0.2, 0) is 19.0 Å². The molecule has 0 radical (unpaired) electrons. The molecule has 1 fully saturated rings. The van der Waals surface area contributed by atoms with Gasteiger partial charge in [-0.1, -0.05) is 44.9 Å². The predicted molar refractivity (Wildman–Crippen MR) is 85.0 cm³/mol. The lowest BCUT2D eigenvalue weighted by Gasteiger charge is -2.29. The van der Waals surface area contributed by atoms with E-state index < -0.39 is 11.6 Å². The summed E-state index contributed by atoms with van der Waals surface area (Å²) in [4.78, 5) is 22.8. The maximum Gasteiger partial charge on any atom is 0.508 e. The number of rotatable bonds is 12. The summed E-state index contributed by atoms with van der Waals surface area (Å²) in [7, 11) is 0. The van der Waals surface area contributed by atoms with Crippen LogP contribution in [0.5, 0.6) is 0 Å². The molecular formula is C17H30O6. The van der Waals surface area contributed by atoms with Crippen molar-refractivity contribution in [1.29, 1.82) is 0 Å². The molecule has 0 aromatic rings. The van der Waals surface area contributed by atoms with Gasteiger partial charge in [0.05, 0.1) is 6.61 Å². The summed E-state index contributed by atoms with van der Waals surface area (Å²) in [6.45, 7) is 2.41. The Balaban J connectivity index is 1.94. The van der Waals surface area contributed by atoms with E-state index in [2.05, 4.69) is 0 Å². The van der Waals surface area contributed by atoms with Crippen molar-refractivity contribution in [3.8, 4) is 0 Å². The lowest BCUT2D eigenvalue weighted by molar-refractivity contribution is -0.166. The molecule has 1 heterocycles. The Bertz CT molecular complexity index is 345. The van der Waals surface area contributed by atoms with E-state index in [9.17, 15) is 9.59 Å². The third-order valence-electron chi connectivity index (χ3n) is 4.05. The average molecular weight is 330 g/mol. The summed E-state index contributed by atoms with van der Waals surface area (Å²) in [5.74, 6) is -0.367. The number of hydrogen-bond donors (Lipinski definition) is 1. The Kier molecular flexibility index (Phi) is 9.67. The molecular weight excluding hydrogens is 300 g/mol. The van der Waals surface area contributed by atoms with Crippen LogP contribution < -0.4 is 0 Å². The lowest BCUT2D eigenvalue weighted by atomic mass is 9.93. The van der Waals surface area contributed by atoms with Crippen LogP contribution in [0.25, 0.3) is 0 Å². The molecule has 1 saturated heterocycles. The third kappa shape index (κ3) is 8.21. The van der Waals surface area contributed by atoms with E-state index in [-0.39, 0.29) is 19.2 Å². The molecule has 23 heavy (non-hydrogen) atoms. The van der Waals surface area contributed by atoms with Gasteiger partial charge in [-0.05, 0) is 19.8 Å². The lowest BCUT2D eigenvalue weighted by Crippen LogP contribution is -2.44. The van der Waals surface area contributed by atoms with Crippen LogP contribution in [0.3, 0.4) is 0 Å². The van der Waals surface area contributed by atoms with Crippen molar-refractivity contribution in [3.63, 3.8) is 0 Å². The van der Waals surface area contributed by atoms with Gasteiger partial charge in [-0.3, -0.25) is 4.79 Å². The highest BCUT2D eigenvalue weighted by Gasteiger charge is 2.41. The van der Waals surface area contributed by atoms with E-state index in [0.29, 0.717) is 13.2 Å². The van der Waals surface area contributed by atoms with Gasteiger partial charge in [-0.2, -0.15) is 0 Å². The molecule has 0 bridgehead atoms. The van der Waals surface area contributed by atoms with Crippen molar-refractivity contribution in [2.75, 3.05) is 26.4 Å². The van der Waals surface area contributed by atoms with Crippen molar-refractivity contribution in [2.45, 2.75) is 64.7 Å². The molecule has 0 aromatic carbocycles. The van der Waals surface area contributed by atoms with E-state index >= 15 is 0 Å². The van der Waals surface area contributed by atoms with Crippen molar-refractivity contribution >= 4 is 12.1 Å². The van der Waals surface area contributed by atoms with Crippen LogP contribution >= 0.6 is 0 Å². The Morgan fingerprint density at radius 1 is 1.00 bits per heavy atom. The van der Waals surface area contributed by atoms with E-state index in [1.165, 1.54) is 25.7 Å². The summed E-state index contributed by atoms with van der Waals surface area (Å²) in [5, 5.41) is 8.67. The molecule has 0 aliphatic carbocycles. The summed E-state index contributed by atoms with van der Waals surface area (Å²) in [5.41, 5.74) is -0.886. The minimum atomic E-state index is -0.886. The van der Waals surface area contributed by atoms with Crippen LogP contribution in [0.1, 0.15) is 64.7 Å². The number of esters is 1. The van der Waals surface area contributed by atoms with Gasteiger partial charge in [0.15, 0.2) is 0 Å². The molecule has 1 aliphatic heterocycles. The molecule has 0 aromatic heterocycles. The Morgan fingerprint density at radius 2 is 1.48 bits per heavy atom. The fourth-order valence-electron chi connectivity index (χ4n) is 2.43. The second-order valence-corrected chi connectivity index (χ2v) is 6.43. The second-order valence-electron chi connectivity index (χ2n) is 6.43. The minimum absolute atomic E-state index is 0.0148. The maximum absolute atomic E-state index is 12.0. The third-order valence-corrected chi connectivity index (χ3v) is 4.05.